The third kappa shape index (κ3) is 4.42. The summed E-state index contributed by atoms with van der Waals surface area (Å²) in [6.45, 7) is 0.276. The van der Waals surface area contributed by atoms with Gasteiger partial charge >= 0.3 is 0 Å². The van der Waals surface area contributed by atoms with E-state index in [2.05, 4.69) is 15.9 Å². The van der Waals surface area contributed by atoms with E-state index < -0.39 is 10.7 Å². The van der Waals surface area contributed by atoms with E-state index in [4.69, 9.17) is 9.47 Å². The standard InChI is InChI=1S/C14H11BrFNO4/c15-10-4-5-14(13(16)8-10)21-7-6-20-12-3-1-2-11(9-12)17(18)19/h1-5,8-9H,6-7H2. The number of hydrogen-bond acceptors (Lipinski definition) is 4. The summed E-state index contributed by atoms with van der Waals surface area (Å²) < 4.78 is 24.7. The van der Waals surface area contributed by atoms with Crippen molar-refractivity contribution >= 4 is 21.6 Å². The first kappa shape index (κ1) is 15.2. The zero-order chi connectivity index (χ0) is 15.2. The van der Waals surface area contributed by atoms with E-state index in [9.17, 15) is 14.5 Å². The molecule has 0 spiro atoms. The van der Waals surface area contributed by atoms with E-state index in [1.54, 1.807) is 12.1 Å². The molecule has 110 valence electrons. The van der Waals surface area contributed by atoms with E-state index in [1.807, 2.05) is 0 Å². The second-order valence-electron chi connectivity index (χ2n) is 4.03. The molecular weight excluding hydrogens is 345 g/mol. The van der Waals surface area contributed by atoms with Crippen molar-refractivity contribution in [3.8, 4) is 11.5 Å². The van der Waals surface area contributed by atoms with Crippen molar-refractivity contribution in [2.24, 2.45) is 0 Å². The van der Waals surface area contributed by atoms with E-state index in [0.717, 1.165) is 0 Å². The van der Waals surface area contributed by atoms with Gasteiger partial charge in [-0.05, 0) is 24.3 Å². The van der Waals surface area contributed by atoms with Crippen molar-refractivity contribution in [1.82, 2.24) is 0 Å². The fourth-order valence-corrected chi connectivity index (χ4v) is 1.92. The minimum absolute atomic E-state index is 0.0487. The molecule has 0 aliphatic carbocycles. The van der Waals surface area contributed by atoms with Crippen LogP contribution in [0.15, 0.2) is 46.9 Å². The fourth-order valence-electron chi connectivity index (χ4n) is 1.59. The van der Waals surface area contributed by atoms with Crippen LogP contribution >= 0.6 is 15.9 Å². The van der Waals surface area contributed by atoms with Crippen LogP contribution in [-0.2, 0) is 0 Å². The molecule has 0 radical (unpaired) electrons. The highest BCUT2D eigenvalue weighted by molar-refractivity contribution is 9.10. The van der Waals surface area contributed by atoms with Gasteiger partial charge in [-0.3, -0.25) is 10.1 Å². The molecule has 2 aromatic carbocycles. The molecule has 0 saturated carbocycles. The van der Waals surface area contributed by atoms with Crippen LogP contribution in [0.4, 0.5) is 10.1 Å². The van der Waals surface area contributed by atoms with E-state index >= 15 is 0 Å². The SMILES string of the molecule is O=[N+]([O-])c1cccc(OCCOc2ccc(Br)cc2F)c1. The molecule has 0 saturated heterocycles. The molecule has 7 heteroatoms. The highest BCUT2D eigenvalue weighted by Gasteiger charge is 2.07. The third-order valence-electron chi connectivity index (χ3n) is 2.53. The Morgan fingerprint density at radius 3 is 2.62 bits per heavy atom. The summed E-state index contributed by atoms with van der Waals surface area (Å²) in [5.74, 6) is 0.0182. The first-order chi connectivity index (χ1) is 10.1. The van der Waals surface area contributed by atoms with E-state index in [1.165, 1.54) is 30.3 Å². The number of nitrogens with zero attached hydrogens (tertiary/aromatic N) is 1. The Balaban J connectivity index is 1.84. The Hall–Kier alpha value is -2.15. The molecule has 0 aliphatic rings. The van der Waals surface area contributed by atoms with Crippen LogP contribution in [0.25, 0.3) is 0 Å². The van der Waals surface area contributed by atoms with Crippen molar-refractivity contribution in [2.45, 2.75) is 0 Å². The number of benzene rings is 2. The van der Waals surface area contributed by atoms with Gasteiger partial charge in [0.25, 0.3) is 5.69 Å². The number of halogens is 2. The Morgan fingerprint density at radius 1 is 1.14 bits per heavy atom. The Labute approximate surface area is 128 Å². The number of hydrogen-bond donors (Lipinski definition) is 0. The summed E-state index contributed by atoms with van der Waals surface area (Å²) in [6.07, 6.45) is 0. The predicted molar refractivity (Wildman–Crippen MR) is 78.2 cm³/mol. The molecule has 0 amide bonds. The molecule has 2 rings (SSSR count). The van der Waals surface area contributed by atoms with Gasteiger partial charge in [-0.1, -0.05) is 22.0 Å². The number of ether oxygens (including phenoxy) is 2. The first-order valence-electron chi connectivity index (χ1n) is 6.01. The summed E-state index contributed by atoms with van der Waals surface area (Å²) >= 11 is 3.15. The van der Waals surface area contributed by atoms with Gasteiger partial charge in [-0.2, -0.15) is 0 Å². The van der Waals surface area contributed by atoms with Crippen molar-refractivity contribution in [2.75, 3.05) is 13.2 Å². The number of nitro groups is 1. The van der Waals surface area contributed by atoms with Crippen LogP contribution in [0.3, 0.4) is 0 Å². The van der Waals surface area contributed by atoms with Gasteiger partial charge in [-0.25, -0.2) is 4.39 Å². The monoisotopic (exact) mass is 355 g/mol. The van der Waals surface area contributed by atoms with Gasteiger partial charge in [0.15, 0.2) is 11.6 Å². The topological polar surface area (TPSA) is 61.6 Å². The quantitative estimate of drug-likeness (QED) is 0.447. The van der Waals surface area contributed by atoms with Crippen molar-refractivity contribution in [3.63, 3.8) is 0 Å². The number of non-ortho nitro benzene ring substituents is 1. The largest absolute Gasteiger partial charge is 0.490 e. The smallest absolute Gasteiger partial charge is 0.273 e. The molecular formula is C14H11BrFNO4. The molecule has 2 aromatic rings. The second-order valence-corrected chi connectivity index (χ2v) is 4.94. The molecule has 0 fully saturated rings. The molecule has 0 aliphatic heterocycles. The lowest BCUT2D eigenvalue weighted by atomic mass is 10.3. The average Bonchev–Trinajstić information content (AvgIpc) is 2.45. The van der Waals surface area contributed by atoms with Gasteiger partial charge in [-0.15, -0.1) is 0 Å². The molecule has 0 atom stereocenters. The zero-order valence-electron chi connectivity index (χ0n) is 10.8. The summed E-state index contributed by atoms with van der Waals surface area (Å²) in [6, 6.07) is 10.3. The van der Waals surface area contributed by atoms with Crippen LogP contribution in [0, 0.1) is 15.9 Å². The molecule has 0 N–H and O–H groups in total. The third-order valence-corrected chi connectivity index (χ3v) is 3.03. The van der Waals surface area contributed by atoms with Crippen molar-refractivity contribution in [1.29, 1.82) is 0 Å². The average molecular weight is 356 g/mol. The van der Waals surface area contributed by atoms with Gasteiger partial charge in [0.05, 0.1) is 11.0 Å². The van der Waals surface area contributed by atoms with E-state index in [-0.39, 0.29) is 24.7 Å². The van der Waals surface area contributed by atoms with Gasteiger partial charge in [0.1, 0.15) is 19.0 Å². The Bertz CT molecular complexity index is 651. The second kappa shape index (κ2) is 7.03. The maximum Gasteiger partial charge on any atom is 0.273 e. The van der Waals surface area contributed by atoms with Gasteiger partial charge < -0.3 is 9.47 Å². The minimum Gasteiger partial charge on any atom is -0.490 e. The number of rotatable bonds is 6. The van der Waals surface area contributed by atoms with E-state index in [0.29, 0.717) is 10.2 Å². The summed E-state index contributed by atoms with van der Waals surface area (Å²) in [5.41, 5.74) is -0.0487. The summed E-state index contributed by atoms with van der Waals surface area (Å²) in [7, 11) is 0. The molecule has 0 aromatic heterocycles. The normalized spacial score (nSPS) is 10.2. The lowest BCUT2D eigenvalue weighted by molar-refractivity contribution is -0.384. The highest BCUT2D eigenvalue weighted by atomic mass is 79.9. The predicted octanol–water partition coefficient (Wildman–Crippen LogP) is 3.95. The maximum atomic E-state index is 13.5. The van der Waals surface area contributed by atoms with Gasteiger partial charge in [0.2, 0.25) is 0 Å². The summed E-state index contributed by atoms with van der Waals surface area (Å²) in [4.78, 5) is 10.1. The molecule has 0 bridgehead atoms. The fraction of sp³-hybridized carbons (Fsp3) is 0.143. The van der Waals surface area contributed by atoms with Crippen molar-refractivity contribution < 1.29 is 18.8 Å². The molecule has 0 unspecified atom stereocenters. The summed E-state index contributed by atoms with van der Waals surface area (Å²) in [5, 5.41) is 10.6. The van der Waals surface area contributed by atoms with Crippen LogP contribution < -0.4 is 9.47 Å². The van der Waals surface area contributed by atoms with Crippen LogP contribution in [0.2, 0.25) is 0 Å². The Morgan fingerprint density at radius 2 is 1.90 bits per heavy atom. The van der Waals surface area contributed by atoms with Crippen LogP contribution in [0.5, 0.6) is 11.5 Å². The zero-order valence-corrected chi connectivity index (χ0v) is 12.4. The Kier molecular flexibility index (Phi) is 5.10. The highest BCUT2D eigenvalue weighted by Crippen LogP contribution is 2.22. The molecule has 21 heavy (non-hydrogen) atoms. The lowest BCUT2D eigenvalue weighted by Gasteiger charge is -2.09. The minimum atomic E-state index is -0.499. The molecule has 0 heterocycles. The van der Waals surface area contributed by atoms with Gasteiger partial charge in [0, 0.05) is 10.5 Å². The first-order valence-corrected chi connectivity index (χ1v) is 6.80. The van der Waals surface area contributed by atoms with Crippen molar-refractivity contribution in [3.05, 3.63) is 62.9 Å². The maximum absolute atomic E-state index is 13.5. The van der Waals surface area contributed by atoms with Crippen LogP contribution in [0.1, 0.15) is 0 Å². The van der Waals surface area contributed by atoms with Crippen LogP contribution in [-0.4, -0.2) is 18.1 Å². The number of nitro benzene ring substituents is 1. The molecule has 5 nitrogen and oxygen atoms in total. The lowest BCUT2D eigenvalue weighted by Crippen LogP contribution is -2.09.